The lowest BCUT2D eigenvalue weighted by Gasteiger charge is -2.00. The van der Waals surface area contributed by atoms with Crippen molar-refractivity contribution in [3.05, 3.63) is 42.6 Å². The molecule has 4 heteroatoms. The Morgan fingerprint density at radius 1 is 1.14 bits per heavy atom. The molecule has 0 saturated heterocycles. The van der Waals surface area contributed by atoms with E-state index in [2.05, 4.69) is 9.97 Å². The highest BCUT2D eigenvalue weighted by Crippen LogP contribution is 2.18. The molecule has 2 rings (SSSR count). The smallest absolute Gasteiger partial charge is 0.222 e. The summed E-state index contributed by atoms with van der Waals surface area (Å²) in [7, 11) is 0. The summed E-state index contributed by atoms with van der Waals surface area (Å²) in [6, 6.07) is 6.63. The topological polar surface area (TPSA) is 51.8 Å². The van der Waals surface area contributed by atoms with Gasteiger partial charge in [-0.1, -0.05) is 0 Å². The average molecular weight is 189 g/mol. The van der Waals surface area contributed by atoms with Crippen molar-refractivity contribution < 1.29 is 4.39 Å². The van der Waals surface area contributed by atoms with Gasteiger partial charge in [0.25, 0.3) is 0 Å². The summed E-state index contributed by atoms with van der Waals surface area (Å²) in [5.41, 5.74) is 6.94. The molecule has 2 N–H and O–H groups in total. The molecule has 0 amide bonds. The second-order valence-electron chi connectivity index (χ2n) is 2.82. The van der Waals surface area contributed by atoms with Gasteiger partial charge in [0.2, 0.25) is 5.95 Å². The molecule has 0 aliphatic rings. The van der Waals surface area contributed by atoms with E-state index in [4.69, 9.17) is 5.73 Å². The molecule has 0 spiro atoms. The van der Waals surface area contributed by atoms with Gasteiger partial charge in [-0.3, -0.25) is 4.98 Å². The Labute approximate surface area is 80.4 Å². The maximum atomic E-state index is 13.2. The van der Waals surface area contributed by atoms with Gasteiger partial charge in [-0.2, -0.15) is 4.39 Å². The maximum absolute atomic E-state index is 13.2. The average Bonchev–Trinajstić information content (AvgIpc) is 2.20. The second-order valence-corrected chi connectivity index (χ2v) is 2.82. The minimum absolute atomic E-state index is 0.382. The predicted octanol–water partition coefficient (Wildman–Crippen LogP) is 1.86. The SMILES string of the molecule is Nc1ccc(-c2cccnc2F)nc1. The van der Waals surface area contributed by atoms with Crippen molar-refractivity contribution in [1.29, 1.82) is 0 Å². The van der Waals surface area contributed by atoms with Crippen LogP contribution in [-0.2, 0) is 0 Å². The first-order chi connectivity index (χ1) is 6.77. The lowest BCUT2D eigenvalue weighted by molar-refractivity contribution is 0.587. The van der Waals surface area contributed by atoms with Crippen LogP contribution in [0.1, 0.15) is 0 Å². The summed E-state index contributed by atoms with van der Waals surface area (Å²) in [6.07, 6.45) is 2.89. The van der Waals surface area contributed by atoms with Crippen molar-refractivity contribution in [2.24, 2.45) is 0 Å². The first kappa shape index (κ1) is 8.62. The molecule has 0 aliphatic heterocycles. The van der Waals surface area contributed by atoms with Gasteiger partial charge < -0.3 is 5.73 Å². The van der Waals surface area contributed by atoms with Crippen LogP contribution in [-0.4, -0.2) is 9.97 Å². The van der Waals surface area contributed by atoms with Crippen LogP contribution in [0.25, 0.3) is 11.3 Å². The van der Waals surface area contributed by atoms with E-state index < -0.39 is 5.95 Å². The zero-order chi connectivity index (χ0) is 9.97. The molecule has 0 radical (unpaired) electrons. The molecular weight excluding hydrogens is 181 g/mol. The molecule has 0 saturated carbocycles. The third-order valence-electron chi connectivity index (χ3n) is 1.82. The molecular formula is C10H8FN3. The van der Waals surface area contributed by atoms with E-state index in [1.54, 1.807) is 24.3 Å². The number of pyridine rings is 2. The lowest BCUT2D eigenvalue weighted by atomic mass is 10.2. The highest BCUT2D eigenvalue weighted by molar-refractivity contribution is 5.59. The molecule has 0 bridgehead atoms. The van der Waals surface area contributed by atoms with Crippen LogP contribution in [0.15, 0.2) is 36.7 Å². The summed E-state index contributed by atoms with van der Waals surface area (Å²) in [4.78, 5) is 7.54. The normalized spacial score (nSPS) is 10.1. The van der Waals surface area contributed by atoms with Gasteiger partial charge in [-0.15, -0.1) is 0 Å². The largest absolute Gasteiger partial charge is 0.397 e. The highest BCUT2D eigenvalue weighted by Gasteiger charge is 2.05. The fraction of sp³-hybridized carbons (Fsp3) is 0. The van der Waals surface area contributed by atoms with Crippen LogP contribution in [0.4, 0.5) is 10.1 Å². The summed E-state index contributed by atoms with van der Waals surface area (Å²) in [5, 5.41) is 0. The maximum Gasteiger partial charge on any atom is 0.222 e. The molecule has 2 heterocycles. The van der Waals surface area contributed by atoms with Crippen LogP contribution in [0.2, 0.25) is 0 Å². The summed E-state index contributed by atoms with van der Waals surface area (Å²) >= 11 is 0. The second kappa shape index (κ2) is 3.41. The molecule has 0 atom stereocenters. The minimum Gasteiger partial charge on any atom is -0.397 e. The molecule has 3 nitrogen and oxygen atoms in total. The van der Waals surface area contributed by atoms with E-state index in [-0.39, 0.29) is 0 Å². The molecule has 2 aromatic rings. The Bertz CT molecular complexity index is 439. The molecule has 0 fully saturated rings. The van der Waals surface area contributed by atoms with E-state index in [0.29, 0.717) is 16.9 Å². The number of nitrogen functional groups attached to an aromatic ring is 1. The third kappa shape index (κ3) is 1.54. The number of aromatic nitrogens is 2. The van der Waals surface area contributed by atoms with Crippen LogP contribution < -0.4 is 5.73 Å². The number of halogens is 1. The molecule has 0 unspecified atom stereocenters. The quantitative estimate of drug-likeness (QED) is 0.696. The summed E-state index contributed by atoms with van der Waals surface area (Å²) in [6.45, 7) is 0. The number of nitrogens with zero attached hydrogens (tertiary/aromatic N) is 2. The fourth-order valence-corrected chi connectivity index (χ4v) is 1.14. The van der Waals surface area contributed by atoms with Gasteiger partial charge in [-0.05, 0) is 24.3 Å². The number of hydrogen-bond donors (Lipinski definition) is 1. The Morgan fingerprint density at radius 2 is 2.00 bits per heavy atom. The number of nitrogens with two attached hydrogens (primary N) is 1. The van der Waals surface area contributed by atoms with Gasteiger partial charge in [0.1, 0.15) is 0 Å². The Hall–Kier alpha value is -1.97. The lowest BCUT2D eigenvalue weighted by Crippen LogP contribution is -1.92. The zero-order valence-corrected chi connectivity index (χ0v) is 7.31. The molecule has 14 heavy (non-hydrogen) atoms. The van der Waals surface area contributed by atoms with Crippen molar-refractivity contribution in [1.82, 2.24) is 9.97 Å². The number of rotatable bonds is 1. The molecule has 0 aromatic carbocycles. The Kier molecular flexibility index (Phi) is 2.10. The van der Waals surface area contributed by atoms with Crippen molar-refractivity contribution in [2.45, 2.75) is 0 Å². The van der Waals surface area contributed by atoms with E-state index in [9.17, 15) is 4.39 Å². The van der Waals surface area contributed by atoms with Crippen LogP contribution in [0.3, 0.4) is 0 Å². The fourth-order valence-electron chi connectivity index (χ4n) is 1.14. The molecule has 2 aromatic heterocycles. The van der Waals surface area contributed by atoms with Crippen LogP contribution in [0.5, 0.6) is 0 Å². The Balaban J connectivity index is 2.50. The van der Waals surface area contributed by atoms with Gasteiger partial charge in [0, 0.05) is 6.20 Å². The summed E-state index contributed by atoms with van der Waals surface area (Å²) < 4.78 is 13.2. The van der Waals surface area contributed by atoms with Gasteiger partial charge >= 0.3 is 0 Å². The van der Waals surface area contributed by atoms with Crippen LogP contribution in [0, 0.1) is 5.95 Å². The summed E-state index contributed by atoms with van der Waals surface area (Å²) in [5.74, 6) is -0.523. The third-order valence-corrected chi connectivity index (χ3v) is 1.82. The molecule has 0 aliphatic carbocycles. The van der Waals surface area contributed by atoms with Crippen molar-refractivity contribution >= 4 is 5.69 Å². The Morgan fingerprint density at radius 3 is 2.64 bits per heavy atom. The number of anilines is 1. The van der Waals surface area contributed by atoms with Crippen molar-refractivity contribution in [3.8, 4) is 11.3 Å². The highest BCUT2D eigenvalue weighted by atomic mass is 19.1. The van der Waals surface area contributed by atoms with E-state index in [0.717, 1.165) is 0 Å². The van der Waals surface area contributed by atoms with E-state index in [1.807, 2.05) is 0 Å². The van der Waals surface area contributed by atoms with E-state index in [1.165, 1.54) is 12.4 Å². The minimum atomic E-state index is -0.523. The van der Waals surface area contributed by atoms with E-state index >= 15 is 0 Å². The first-order valence-electron chi connectivity index (χ1n) is 4.10. The van der Waals surface area contributed by atoms with Crippen LogP contribution >= 0.6 is 0 Å². The predicted molar refractivity (Wildman–Crippen MR) is 51.8 cm³/mol. The van der Waals surface area contributed by atoms with Crippen molar-refractivity contribution in [3.63, 3.8) is 0 Å². The zero-order valence-electron chi connectivity index (χ0n) is 7.31. The molecule has 70 valence electrons. The van der Waals surface area contributed by atoms with Crippen molar-refractivity contribution in [2.75, 3.05) is 5.73 Å². The van der Waals surface area contributed by atoms with Gasteiger partial charge in [-0.25, -0.2) is 4.98 Å². The first-order valence-corrected chi connectivity index (χ1v) is 4.10. The van der Waals surface area contributed by atoms with Gasteiger partial charge in [0.15, 0.2) is 0 Å². The number of hydrogen-bond acceptors (Lipinski definition) is 3. The monoisotopic (exact) mass is 189 g/mol. The van der Waals surface area contributed by atoms with Gasteiger partial charge in [0.05, 0.1) is 23.1 Å². The standard InChI is InChI=1S/C10H8FN3/c11-10-8(2-1-5-13-10)9-4-3-7(12)6-14-9/h1-6H,12H2.